The zero-order chi connectivity index (χ0) is 19.6. The number of piperazine rings is 1. The molecule has 3 rings (SSSR count). The Kier molecular flexibility index (Phi) is 5.95. The van der Waals surface area contributed by atoms with E-state index in [1.54, 1.807) is 12.1 Å². The zero-order valence-corrected chi connectivity index (χ0v) is 15.9. The van der Waals surface area contributed by atoms with E-state index in [0.717, 1.165) is 36.3 Å². The minimum Gasteiger partial charge on any atom is -0.481 e. The highest BCUT2D eigenvalue weighted by molar-refractivity contribution is 5.85. The minimum atomic E-state index is -0.879. The predicted molar refractivity (Wildman–Crippen MR) is 100 cm³/mol. The number of carbonyl (C=O) groups excluding carboxylic acids is 1. The van der Waals surface area contributed by atoms with E-state index < -0.39 is 17.8 Å². The van der Waals surface area contributed by atoms with E-state index >= 15 is 0 Å². The summed E-state index contributed by atoms with van der Waals surface area (Å²) < 4.78 is 13.0. The van der Waals surface area contributed by atoms with Crippen molar-refractivity contribution >= 4 is 11.9 Å². The van der Waals surface area contributed by atoms with Crippen molar-refractivity contribution in [2.45, 2.75) is 33.2 Å². The van der Waals surface area contributed by atoms with Gasteiger partial charge in [0.15, 0.2) is 0 Å². The number of aliphatic carboxylic acids is 1. The zero-order valence-electron chi connectivity index (χ0n) is 15.9. The molecule has 1 saturated heterocycles. The third-order valence-corrected chi connectivity index (χ3v) is 5.90. The lowest BCUT2D eigenvalue weighted by molar-refractivity contribution is -0.151. The van der Waals surface area contributed by atoms with E-state index in [1.807, 2.05) is 18.7 Å². The van der Waals surface area contributed by atoms with Gasteiger partial charge in [-0.05, 0) is 44.4 Å². The van der Waals surface area contributed by atoms with Gasteiger partial charge >= 0.3 is 5.97 Å². The first-order chi connectivity index (χ1) is 12.8. The van der Waals surface area contributed by atoms with E-state index in [0.29, 0.717) is 25.9 Å². The average Bonchev–Trinajstić information content (AvgIpc) is 2.65. The van der Waals surface area contributed by atoms with Gasteiger partial charge in [-0.2, -0.15) is 0 Å². The summed E-state index contributed by atoms with van der Waals surface area (Å²) in [5, 5.41) is 9.56. The molecule has 1 aliphatic carbocycles. The van der Waals surface area contributed by atoms with Crippen LogP contribution < -0.4 is 0 Å². The number of benzene rings is 1. The van der Waals surface area contributed by atoms with Crippen molar-refractivity contribution < 1.29 is 19.1 Å². The fourth-order valence-corrected chi connectivity index (χ4v) is 4.02. The molecule has 2 atom stereocenters. The molecule has 0 unspecified atom stereocenters. The molecule has 2 aliphatic rings. The van der Waals surface area contributed by atoms with Gasteiger partial charge in [-0.3, -0.25) is 14.5 Å². The van der Waals surface area contributed by atoms with Crippen LogP contribution in [0.2, 0.25) is 0 Å². The normalized spacial score (nSPS) is 24.2. The van der Waals surface area contributed by atoms with E-state index in [-0.39, 0.29) is 11.7 Å². The Labute approximate surface area is 159 Å². The first kappa shape index (κ1) is 19.5. The highest BCUT2D eigenvalue weighted by Crippen LogP contribution is 2.35. The molecule has 1 N–H and O–H groups in total. The SMILES string of the molecule is CC1=C(C)C[C@@H](C(=O)O)[C@@H](C(=O)N2CCN(Cc3ccc(F)cc3)CC2)C1. The number of allylic oxidation sites excluding steroid dienone is 2. The van der Waals surface area contributed by atoms with Crippen molar-refractivity contribution in [3.8, 4) is 0 Å². The van der Waals surface area contributed by atoms with E-state index in [4.69, 9.17) is 0 Å². The average molecular weight is 374 g/mol. The number of rotatable bonds is 4. The van der Waals surface area contributed by atoms with Crippen LogP contribution in [-0.4, -0.2) is 53.0 Å². The number of hydrogen-bond donors (Lipinski definition) is 1. The van der Waals surface area contributed by atoms with Crippen LogP contribution in [0.5, 0.6) is 0 Å². The van der Waals surface area contributed by atoms with E-state index in [9.17, 15) is 19.1 Å². The maximum absolute atomic E-state index is 13.0. The molecule has 1 fully saturated rings. The van der Waals surface area contributed by atoms with Crippen LogP contribution in [0.3, 0.4) is 0 Å². The van der Waals surface area contributed by atoms with Crippen LogP contribution in [0.4, 0.5) is 4.39 Å². The monoisotopic (exact) mass is 374 g/mol. The Balaban J connectivity index is 1.59. The van der Waals surface area contributed by atoms with Gasteiger partial charge in [0.1, 0.15) is 5.82 Å². The molecule has 6 heteroatoms. The summed E-state index contributed by atoms with van der Waals surface area (Å²) in [4.78, 5) is 28.7. The molecule has 5 nitrogen and oxygen atoms in total. The number of nitrogens with zero attached hydrogens (tertiary/aromatic N) is 2. The molecule has 146 valence electrons. The topological polar surface area (TPSA) is 60.9 Å². The third-order valence-electron chi connectivity index (χ3n) is 5.90. The Bertz CT molecular complexity index is 736. The second kappa shape index (κ2) is 8.21. The molecular weight excluding hydrogens is 347 g/mol. The third kappa shape index (κ3) is 4.56. The van der Waals surface area contributed by atoms with Gasteiger partial charge in [0.05, 0.1) is 11.8 Å². The standard InChI is InChI=1S/C21H27FN2O3/c1-14-11-18(19(21(26)27)12-15(14)2)20(25)24-9-7-23(8-10-24)13-16-3-5-17(22)6-4-16/h3-6,18-19H,7-13H2,1-2H3,(H,26,27)/t18-,19+/m0/s1. The minimum absolute atomic E-state index is 0.0318. The summed E-state index contributed by atoms with van der Waals surface area (Å²) in [6, 6.07) is 6.48. The van der Waals surface area contributed by atoms with Crippen LogP contribution in [0.15, 0.2) is 35.4 Å². The molecule has 0 saturated carbocycles. The van der Waals surface area contributed by atoms with Gasteiger partial charge in [-0.15, -0.1) is 0 Å². The molecule has 1 aliphatic heterocycles. The molecule has 0 aromatic heterocycles. The molecule has 1 heterocycles. The Morgan fingerprint density at radius 3 is 2.11 bits per heavy atom. The number of carboxylic acids is 1. The summed E-state index contributed by atoms with van der Waals surface area (Å²) in [5.74, 6) is -2.24. The second-order valence-corrected chi connectivity index (χ2v) is 7.75. The number of hydrogen-bond acceptors (Lipinski definition) is 3. The van der Waals surface area contributed by atoms with E-state index in [2.05, 4.69) is 4.90 Å². The van der Waals surface area contributed by atoms with Crippen molar-refractivity contribution in [1.82, 2.24) is 9.80 Å². The molecule has 0 radical (unpaired) electrons. The number of carboxylic acid groups (broad SMARTS) is 1. The second-order valence-electron chi connectivity index (χ2n) is 7.75. The fourth-order valence-electron chi connectivity index (χ4n) is 4.02. The Hall–Kier alpha value is -2.21. The largest absolute Gasteiger partial charge is 0.481 e. The fraction of sp³-hybridized carbons (Fsp3) is 0.524. The molecule has 0 spiro atoms. The van der Waals surface area contributed by atoms with Crippen molar-refractivity contribution in [2.75, 3.05) is 26.2 Å². The van der Waals surface area contributed by atoms with Gasteiger partial charge in [0, 0.05) is 32.7 Å². The number of amides is 1. The maximum atomic E-state index is 13.0. The first-order valence-corrected chi connectivity index (χ1v) is 9.48. The summed E-state index contributed by atoms with van der Waals surface area (Å²) in [6.07, 6.45) is 1.000. The van der Waals surface area contributed by atoms with Crippen LogP contribution in [-0.2, 0) is 16.1 Å². The smallest absolute Gasteiger partial charge is 0.307 e. The first-order valence-electron chi connectivity index (χ1n) is 9.48. The highest BCUT2D eigenvalue weighted by atomic mass is 19.1. The summed E-state index contributed by atoms with van der Waals surface area (Å²) in [6.45, 7) is 7.36. The van der Waals surface area contributed by atoms with Gasteiger partial charge in [-0.1, -0.05) is 23.3 Å². The lowest BCUT2D eigenvalue weighted by Crippen LogP contribution is -2.51. The lowest BCUT2D eigenvalue weighted by atomic mass is 9.76. The van der Waals surface area contributed by atoms with Gasteiger partial charge in [0.2, 0.25) is 5.91 Å². The van der Waals surface area contributed by atoms with Crippen molar-refractivity contribution in [1.29, 1.82) is 0 Å². The van der Waals surface area contributed by atoms with E-state index in [1.165, 1.54) is 12.1 Å². The van der Waals surface area contributed by atoms with Crippen LogP contribution in [0.25, 0.3) is 0 Å². The van der Waals surface area contributed by atoms with Crippen molar-refractivity contribution in [3.05, 3.63) is 46.8 Å². The lowest BCUT2D eigenvalue weighted by Gasteiger charge is -2.38. The molecule has 0 bridgehead atoms. The van der Waals surface area contributed by atoms with Crippen molar-refractivity contribution in [3.63, 3.8) is 0 Å². The number of halogens is 1. The predicted octanol–water partition coefficient (Wildman–Crippen LogP) is 2.92. The Morgan fingerprint density at radius 1 is 1.00 bits per heavy atom. The molecule has 27 heavy (non-hydrogen) atoms. The highest BCUT2D eigenvalue weighted by Gasteiger charge is 2.39. The van der Waals surface area contributed by atoms with Crippen LogP contribution in [0, 0.1) is 17.7 Å². The summed E-state index contributed by atoms with van der Waals surface area (Å²) in [5.41, 5.74) is 3.28. The van der Waals surface area contributed by atoms with Crippen LogP contribution in [0.1, 0.15) is 32.3 Å². The maximum Gasteiger partial charge on any atom is 0.307 e. The van der Waals surface area contributed by atoms with Gasteiger partial charge in [-0.25, -0.2) is 4.39 Å². The molecule has 1 aromatic rings. The van der Waals surface area contributed by atoms with Crippen molar-refractivity contribution in [2.24, 2.45) is 11.8 Å². The van der Waals surface area contributed by atoms with Gasteiger partial charge in [0.25, 0.3) is 0 Å². The summed E-state index contributed by atoms with van der Waals surface area (Å²) >= 11 is 0. The molecule has 1 aromatic carbocycles. The summed E-state index contributed by atoms with van der Waals surface area (Å²) in [7, 11) is 0. The molecule has 1 amide bonds. The number of carbonyl (C=O) groups is 2. The molecular formula is C21H27FN2O3. The quantitative estimate of drug-likeness (QED) is 0.824. The van der Waals surface area contributed by atoms with Crippen LogP contribution >= 0.6 is 0 Å². The Morgan fingerprint density at radius 2 is 1.56 bits per heavy atom. The van der Waals surface area contributed by atoms with Gasteiger partial charge < -0.3 is 10.0 Å².